The van der Waals surface area contributed by atoms with Crippen molar-refractivity contribution >= 4 is 40.3 Å². The molecule has 0 fully saturated rings. The first-order valence-electron chi connectivity index (χ1n) is 9.59. The van der Waals surface area contributed by atoms with Gasteiger partial charge >= 0.3 is 6.03 Å². The summed E-state index contributed by atoms with van der Waals surface area (Å²) in [6, 6.07) is 11.9. The number of carbonyl (C=O) groups is 2. The maximum absolute atomic E-state index is 12.2. The first-order chi connectivity index (χ1) is 16.0. The molecule has 2 aromatic carbocycles. The summed E-state index contributed by atoms with van der Waals surface area (Å²) in [6.45, 7) is 0. The van der Waals surface area contributed by atoms with Crippen LogP contribution in [0.3, 0.4) is 0 Å². The molecule has 0 aliphatic carbocycles. The summed E-state index contributed by atoms with van der Waals surface area (Å²) in [5, 5.41) is 17.7. The van der Waals surface area contributed by atoms with Gasteiger partial charge < -0.3 is 19.5 Å². The van der Waals surface area contributed by atoms with E-state index in [-0.39, 0.29) is 11.6 Å². The normalized spacial score (nSPS) is 10.5. The van der Waals surface area contributed by atoms with Crippen LogP contribution in [0.1, 0.15) is 10.6 Å². The fourth-order valence-corrected chi connectivity index (χ4v) is 3.42. The molecular weight excluding hydrogens is 448 g/mol. The van der Waals surface area contributed by atoms with Crippen molar-refractivity contribution < 1.29 is 23.8 Å². The van der Waals surface area contributed by atoms with Gasteiger partial charge in [0.15, 0.2) is 11.5 Å². The van der Waals surface area contributed by atoms with Gasteiger partial charge in [-0.15, -0.1) is 10.2 Å². The highest BCUT2D eigenvalue weighted by atomic mass is 32.1. The van der Waals surface area contributed by atoms with Crippen molar-refractivity contribution in [3.05, 3.63) is 53.0 Å². The molecule has 0 aliphatic heterocycles. The lowest BCUT2D eigenvalue weighted by atomic mass is 10.2. The predicted molar refractivity (Wildman–Crippen MR) is 125 cm³/mol. The molecule has 0 saturated carbocycles. The third kappa shape index (κ3) is 6.64. The number of amides is 3. The van der Waals surface area contributed by atoms with Crippen LogP contribution in [0.25, 0.3) is 0 Å². The molecular formula is C21H22N6O5S. The molecule has 33 heavy (non-hydrogen) atoms. The number of nitrogens with zero attached hydrogens (tertiary/aromatic N) is 3. The third-order valence-electron chi connectivity index (χ3n) is 4.12. The Morgan fingerprint density at radius 2 is 1.70 bits per heavy atom. The average molecular weight is 471 g/mol. The number of hydrogen-bond acceptors (Lipinski definition) is 9. The lowest BCUT2D eigenvalue weighted by Gasteiger charge is -2.12. The molecule has 0 saturated heterocycles. The highest BCUT2D eigenvalue weighted by Gasteiger charge is 2.13. The van der Waals surface area contributed by atoms with Crippen molar-refractivity contribution in [3.63, 3.8) is 0 Å². The molecule has 1 heterocycles. The van der Waals surface area contributed by atoms with Gasteiger partial charge in [0.1, 0.15) is 5.01 Å². The molecule has 0 radical (unpaired) electrons. The van der Waals surface area contributed by atoms with Gasteiger partial charge in [0, 0.05) is 11.3 Å². The quantitative estimate of drug-likeness (QED) is 0.323. The predicted octanol–water partition coefficient (Wildman–Crippen LogP) is 2.90. The minimum Gasteiger partial charge on any atom is -0.493 e. The van der Waals surface area contributed by atoms with Crippen molar-refractivity contribution in [2.24, 2.45) is 5.10 Å². The van der Waals surface area contributed by atoms with Crippen LogP contribution in [0, 0.1) is 0 Å². The Bertz CT molecular complexity index is 1110. The largest absolute Gasteiger partial charge is 0.493 e. The van der Waals surface area contributed by atoms with E-state index in [9.17, 15) is 9.59 Å². The van der Waals surface area contributed by atoms with Crippen LogP contribution in [-0.4, -0.2) is 49.7 Å². The van der Waals surface area contributed by atoms with E-state index < -0.39 is 11.9 Å². The fraction of sp³-hybridized carbons (Fsp3) is 0.190. The van der Waals surface area contributed by atoms with Crippen LogP contribution >= 0.6 is 11.3 Å². The number of nitrogens with one attached hydrogen (secondary N) is 3. The monoisotopic (exact) mass is 470 g/mol. The first-order valence-corrected chi connectivity index (χ1v) is 10.4. The summed E-state index contributed by atoms with van der Waals surface area (Å²) in [6.07, 6.45) is 1.40. The van der Waals surface area contributed by atoms with Crippen LogP contribution < -0.4 is 30.3 Å². The van der Waals surface area contributed by atoms with Gasteiger partial charge in [-0.2, -0.15) is 5.10 Å². The van der Waals surface area contributed by atoms with E-state index in [1.165, 1.54) is 27.5 Å². The zero-order valence-electron chi connectivity index (χ0n) is 18.1. The van der Waals surface area contributed by atoms with Gasteiger partial charge in [-0.25, -0.2) is 10.2 Å². The number of ether oxygens (including phenoxy) is 3. The van der Waals surface area contributed by atoms with Crippen LogP contribution in [0.4, 0.5) is 15.6 Å². The maximum Gasteiger partial charge on any atom is 0.325 e. The van der Waals surface area contributed by atoms with E-state index in [1.54, 1.807) is 36.4 Å². The molecule has 12 heteroatoms. The lowest BCUT2D eigenvalue weighted by Crippen LogP contribution is -2.19. The third-order valence-corrected chi connectivity index (χ3v) is 4.96. The van der Waals surface area contributed by atoms with E-state index in [2.05, 4.69) is 31.4 Å². The molecule has 0 aliphatic rings. The summed E-state index contributed by atoms with van der Waals surface area (Å²) in [4.78, 5) is 24.2. The Kier molecular flexibility index (Phi) is 8.13. The average Bonchev–Trinajstić information content (AvgIpc) is 3.25. The van der Waals surface area contributed by atoms with Crippen molar-refractivity contribution in [1.29, 1.82) is 0 Å². The number of hydrazone groups is 1. The number of rotatable bonds is 9. The summed E-state index contributed by atoms with van der Waals surface area (Å²) >= 11 is 1.09. The van der Waals surface area contributed by atoms with E-state index in [1.807, 2.05) is 6.07 Å². The second kappa shape index (κ2) is 11.4. The number of anilines is 2. The SMILES string of the molecule is COc1cc(C=NNC(=O)Cc2nnc(NC(=O)Nc3ccccc3)s2)cc(OC)c1OC. The highest BCUT2D eigenvalue weighted by Crippen LogP contribution is 2.37. The topological polar surface area (TPSA) is 136 Å². The van der Waals surface area contributed by atoms with Crippen LogP contribution in [0.2, 0.25) is 0 Å². The van der Waals surface area contributed by atoms with E-state index in [0.717, 1.165) is 11.3 Å². The molecule has 11 nitrogen and oxygen atoms in total. The number of benzene rings is 2. The van der Waals surface area contributed by atoms with Crippen LogP contribution in [0.15, 0.2) is 47.6 Å². The molecule has 3 N–H and O–H groups in total. The van der Waals surface area contributed by atoms with Crippen LogP contribution in [-0.2, 0) is 11.2 Å². The van der Waals surface area contributed by atoms with Gasteiger partial charge in [0.05, 0.1) is 34.0 Å². The molecule has 3 amide bonds. The molecule has 3 rings (SSSR count). The Hall–Kier alpha value is -4.19. The first kappa shape index (κ1) is 23.5. The number of methoxy groups -OCH3 is 3. The van der Waals surface area contributed by atoms with E-state index in [0.29, 0.717) is 33.5 Å². The van der Waals surface area contributed by atoms with E-state index >= 15 is 0 Å². The van der Waals surface area contributed by atoms with Gasteiger partial charge in [0.25, 0.3) is 0 Å². The number of aromatic nitrogens is 2. The summed E-state index contributed by atoms with van der Waals surface area (Å²) in [5.74, 6) is 0.999. The molecule has 1 aromatic heterocycles. The molecule has 172 valence electrons. The highest BCUT2D eigenvalue weighted by molar-refractivity contribution is 7.15. The Labute approximate surface area is 193 Å². The Morgan fingerprint density at radius 1 is 1.00 bits per heavy atom. The minimum absolute atomic E-state index is 0.0494. The van der Waals surface area contributed by atoms with Crippen LogP contribution in [0.5, 0.6) is 17.2 Å². The number of hydrogen-bond donors (Lipinski definition) is 3. The Balaban J connectivity index is 1.53. The number of carbonyl (C=O) groups excluding carboxylic acids is 2. The zero-order chi connectivity index (χ0) is 23.6. The van der Waals surface area contributed by atoms with Gasteiger partial charge in [-0.1, -0.05) is 29.5 Å². The van der Waals surface area contributed by atoms with Crippen molar-refractivity contribution in [1.82, 2.24) is 15.6 Å². The van der Waals surface area contributed by atoms with Crippen molar-refractivity contribution in [3.8, 4) is 17.2 Å². The molecule has 3 aromatic rings. The van der Waals surface area contributed by atoms with Crippen molar-refractivity contribution in [2.75, 3.05) is 32.0 Å². The van der Waals surface area contributed by atoms with Gasteiger partial charge in [-0.05, 0) is 24.3 Å². The maximum atomic E-state index is 12.2. The standard InChI is InChI=1S/C21H22N6O5S/c1-30-15-9-13(10-16(31-2)19(15)32-3)12-22-25-17(28)11-18-26-27-21(33-18)24-20(29)23-14-7-5-4-6-8-14/h4-10,12H,11H2,1-3H3,(H,25,28)(H2,23,24,27,29). The summed E-state index contributed by atoms with van der Waals surface area (Å²) < 4.78 is 15.8. The fourth-order valence-electron chi connectivity index (χ4n) is 2.69. The van der Waals surface area contributed by atoms with Gasteiger partial charge in [-0.3, -0.25) is 10.1 Å². The molecule has 0 bridgehead atoms. The van der Waals surface area contributed by atoms with Crippen molar-refractivity contribution in [2.45, 2.75) is 6.42 Å². The molecule has 0 atom stereocenters. The second-order valence-corrected chi connectivity index (χ2v) is 7.44. The lowest BCUT2D eigenvalue weighted by molar-refractivity contribution is -0.120. The summed E-state index contributed by atoms with van der Waals surface area (Å²) in [5.41, 5.74) is 3.70. The van der Waals surface area contributed by atoms with E-state index in [4.69, 9.17) is 14.2 Å². The smallest absolute Gasteiger partial charge is 0.325 e. The Morgan fingerprint density at radius 3 is 2.33 bits per heavy atom. The zero-order valence-corrected chi connectivity index (χ0v) is 18.9. The molecule has 0 spiro atoms. The summed E-state index contributed by atoms with van der Waals surface area (Å²) in [7, 11) is 4.53. The second-order valence-electron chi connectivity index (χ2n) is 6.37. The number of para-hydroxylation sites is 1. The molecule has 0 unspecified atom stereocenters. The van der Waals surface area contributed by atoms with Gasteiger partial charge in [0.2, 0.25) is 16.8 Å². The number of urea groups is 1. The minimum atomic E-state index is -0.455.